The number of nitrogens with zero attached hydrogens (tertiary/aromatic N) is 2. The van der Waals surface area contributed by atoms with Crippen molar-refractivity contribution in [2.75, 3.05) is 45.7 Å². The van der Waals surface area contributed by atoms with Crippen LogP contribution in [0.15, 0.2) is 42.5 Å². The first kappa shape index (κ1) is 21.9. The molecule has 9 heteroatoms. The number of hydrogen-bond acceptors (Lipinski definition) is 5. The van der Waals surface area contributed by atoms with Crippen LogP contribution in [0, 0.1) is 5.82 Å². The van der Waals surface area contributed by atoms with Crippen LogP contribution in [-0.2, 0) is 9.53 Å². The quantitative estimate of drug-likeness (QED) is 0.727. The van der Waals surface area contributed by atoms with E-state index in [1.54, 1.807) is 29.2 Å². The molecule has 2 aromatic carbocycles. The molecule has 0 aromatic heterocycles. The van der Waals surface area contributed by atoms with Crippen LogP contribution in [0.4, 0.5) is 14.9 Å². The van der Waals surface area contributed by atoms with Gasteiger partial charge in [-0.15, -0.1) is 0 Å². The van der Waals surface area contributed by atoms with Crippen molar-refractivity contribution in [1.82, 2.24) is 9.80 Å². The lowest BCUT2D eigenvalue weighted by atomic mass is 10.0. The molecule has 2 amide bonds. The maximum absolute atomic E-state index is 13.8. The van der Waals surface area contributed by atoms with Crippen LogP contribution in [0.3, 0.4) is 0 Å². The Morgan fingerprint density at radius 3 is 2.40 bits per heavy atom. The number of urea groups is 1. The Kier molecular flexibility index (Phi) is 7.12. The molecule has 1 fully saturated rings. The Balaban J connectivity index is 1.65. The minimum Gasteiger partial charge on any atom is -0.494 e. The summed E-state index contributed by atoms with van der Waals surface area (Å²) in [6.45, 7) is 1.69. The van der Waals surface area contributed by atoms with Gasteiger partial charge >= 0.3 is 12.0 Å². The van der Waals surface area contributed by atoms with Crippen molar-refractivity contribution in [3.63, 3.8) is 0 Å². The SMILES string of the molecule is COC(=O)C(c1ccccc1Cl)N1CCN(C(=O)Nc2ccc(OC)c(F)c2)CC1. The topological polar surface area (TPSA) is 71.1 Å². The summed E-state index contributed by atoms with van der Waals surface area (Å²) in [6, 6.07) is 10.4. The van der Waals surface area contributed by atoms with Gasteiger partial charge in [-0.25, -0.2) is 14.0 Å². The van der Waals surface area contributed by atoms with E-state index in [-0.39, 0.29) is 11.8 Å². The zero-order valence-electron chi connectivity index (χ0n) is 16.7. The Hall–Kier alpha value is -2.84. The first-order valence-corrected chi connectivity index (χ1v) is 9.78. The molecular weight excluding hydrogens is 413 g/mol. The Morgan fingerprint density at radius 2 is 1.80 bits per heavy atom. The number of piperazine rings is 1. The lowest BCUT2D eigenvalue weighted by molar-refractivity contribution is -0.148. The van der Waals surface area contributed by atoms with E-state index in [0.29, 0.717) is 42.5 Å². The summed E-state index contributed by atoms with van der Waals surface area (Å²) in [5.41, 5.74) is 1.00. The molecule has 1 atom stereocenters. The van der Waals surface area contributed by atoms with Crippen LogP contribution in [0.5, 0.6) is 5.75 Å². The summed E-state index contributed by atoms with van der Waals surface area (Å²) >= 11 is 6.29. The fourth-order valence-electron chi connectivity index (χ4n) is 3.41. The summed E-state index contributed by atoms with van der Waals surface area (Å²) in [5.74, 6) is -0.856. The maximum atomic E-state index is 13.8. The smallest absolute Gasteiger partial charge is 0.327 e. The minimum atomic E-state index is -0.649. The lowest BCUT2D eigenvalue weighted by Crippen LogP contribution is -2.52. The number of rotatable bonds is 5. The Morgan fingerprint density at radius 1 is 1.10 bits per heavy atom. The number of halogens is 2. The lowest BCUT2D eigenvalue weighted by Gasteiger charge is -2.38. The normalized spacial score (nSPS) is 15.4. The van der Waals surface area contributed by atoms with Gasteiger partial charge in [-0.3, -0.25) is 4.90 Å². The molecule has 1 N–H and O–H groups in total. The first-order chi connectivity index (χ1) is 14.4. The number of esters is 1. The van der Waals surface area contributed by atoms with Crippen LogP contribution in [0.2, 0.25) is 5.02 Å². The third-order valence-corrected chi connectivity index (χ3v) is 5.34. The van der Waals surface area contributed by atoms with Gasteiger partial charge in [0.1, 0.15) is 6.04 Å². The molecule has 0 saturated carbocycles. The highest BCUT2D eigenvalue weighted by molar-refractivity contribution is 6.31. The Bertz CT molecular complexity index is 919. The fourth-order valence-corrected chi connectivity index (χ4v) is 3.65. The highest BCUT2D eigenvalue weighted by atomic mass is 35.5. The number of amides is 2. The number of nitrogens with one attached hydrogen (secondary N) is 1. The van der Waals surface area contributed by atoms with Gasteiger partial charge in [-0.1, -0.05) is 29.8 Å². The number of methoxy groups -OCH3 is 2. The van der Waals surface area contributed by atoms with Gasteiger partial charge in [0.05, 0.1) is 14.2 Å². The van der Waals surface area contributed by atoms with Crippen LogP contribution in [0.25, 0.3) is 0 Å². The minimum absolute atomic E-state index is 0.107. The standard InChI is InChI=1S/C21H23ClFN3O4/c1-29-18-8-7-14(13-17(18)23)24-21(28)26-11-9-25(10-12-26)19(20(27)30-2)15-5-3-4-6-16(15)22/h3-8,13,19H,9-12H2,1-2H3,(H,24,28). The molecule has 7 nitrogen and oxygen atoms in total. The highest BCUT2D eigenvalue weighted by Gasteiger charge is 2.33. The third-order valence-electron chi connectivity index (χ3n) is 4.99. The number of benzene rings is 2. The van der Waals surface area contributed by atoms with E-state index < -0.39 is 17.8 Å². The van der Waals surface area contributed by atoms with Crippen molar-refractivity contribution in [1.29, 1.82) is 0 Å². The second kappa shape index (κ2) is 9.77. The number of carbonyl (C=O) groups excluding carboxylic acids is 2. The van der Waals surface area contributed by atoms with Crippen molar-refractivity contribution in [3.8, 4) is 5.75 Å². The molecule has 2 aromatic rings. The van der Waals surface area contributed by atoms with Crippen molar-refractivity contribution < 1.29 is 23.5 Å². The van der Waals surface area contributed by atoms with Gasteiger partial charge in [0.15, 0.2) is 11.6 Å². The third kappa shape index (κ3) is 4.83. The van der Waals surface area contributed by atoms with E-state index in [9.17, 15) is 14.0 Å². The fraction of sp³-hybridized carbons (Fsp3) is 0.333. The van der Waals surface area contributed by atoms with E-state index in [1.807, 2.05) is 11.0 Å². The largest absolute Gasteiger partial charge is 0.494 e. The first-order valence-electron chi connectivity index (χ1n) is 9.40. The second-order valence-corrected chi connectivity index (χ2v) is 7.16. The molecule has 0 spiro atoms. The summed E-state index contributed by atoms with van der Waals surface area (Å²) in [6.07, 6.45) is 0. The predicted octanol–water partition coefficient (Wildman–Crippen LogP) is 3.55. The van der Waals surface area contributed by atoms with Gasteiger partial charge < -0.3 is 19.7 Å². The maximum Gasteiger partial charge on any atom is 0.327 e. The van der Waals surface area contributed by atoms with Gasteiger partial charge in [0.2, 0.25) is 0 Å². The molecule has 3 rings (SSSR count). The van der Waals surface area contributed by atoms with E-state index in [2.05, 4.69) is 5.32 Å². The van der Waals surface area contributed by atoms with Crippen LogP contribution >= 0.6 is 11.6 Å². The van der Waals surface area contributed by atoms with Gasteiger partial charge in [-0.2, -0.15) is 0 Å². The summed E-state index contributed by atoms with van der Waals surface area (Å²) in [5, 5.41) is 3.16. The van der Waals surface area contributed by atoms with E-state index >= 15 is 0 Å². The second-order valence-electron chi connectivity index (χ2n) is 6.75. The van der Waals surface area contributed by atoms with Crippen LogP contribution < -0.4 is 10.1 Å². The molecule has 30 heavy (non-hydrogen) atoms. The molecule has 1 unspecified atom stereocenters. The average Bonchev–Trinajstić information content (AvgIpc) is 2.75. The van der Waals surface area contributed by atoms with Crippen LogP contribution in [0.1, 0.15) is 11.6 Å². The molecular formula is C21H23ClFN3O4. The summed E-state index contributed by atoms with van der Waals surface area (Å²) in [4.78, 5) is 28.5. The van der Waals surface area contributed by atoms with Gasteiger partial charge in [0, 0.05) is 43.0 Å². The molecule has 0 aliphatic carbocycles. The molecule has 1 aliphatic rings. The molecule has 160 valence electrons. The number of ether oxygens (including phenoxy) is 2. The van der Waals surface area contributed by atoms with E-state index in [1.165, 1.54) is 26.4 Å². The zero-order chi connectivity index (χ0) is 21.7. The molecule has 1 heterocycles. The number of hydrogen-bond donors (Lipinski definition) is 1. The molecule has 1 saturated heterocycles. The predicted molar refractivity (Wildman–Crippen MR) is 111 cm³/mol. The van der Waals surface area contributed by atoms with Crippen molar-refractivity contribution >= 4 is 29.3 Å². The van der Waals surface area contributed by atoms with Crippen LogP contribution in [-0.4, -0.2) is 62.2 Å². The molecule has 0 radical (unpaired) electrons. The van der Waals surface area contributed by atoms with E-state index in [4.69, 9.17) is 21.1 Å². The van der Waals surface area contributed by atoms with Gasteiger partial charge in [-0.05, 0) is 23.8 Å². The van der Waals surface area contributed by atoms with Crippen molar-refractivity contribution in [2.45, 2.75) is 6.04 Å². The number of carbonyl (C=O) groups is 2. The summed E-state index contributed by atoms with van der Waals surface area (Å²) in [7, 11) is 2.71. The highest BCUT2D eigenvalue weighted by Crippen LogP contribution is 2.29. The average molecular weight is 436 g/mol. The van der Waals surface area contributed by atoms with Gasteiger partial charge in [0.25, 0.3) is 0 Å². The Labute approximate surface area is 179 Å². The molecule has 0 bridgehead atoms. The van der Waals surface area contributed by atoms with Crippen molar-refractivity contribution in [3.05, 3.63) is 58.9 Å². The monoisotopic (exact) mass is 435 g/mol. The number of anilines is 1. The zero-order valence-corrected chi connectivity index (χ0v) is 17.5. The summed E-state index contributed by atoms with van der Waals surface area (Å²) < 4.78 is 23.7. The molecule has 1 aliphatic heterocycles. The van der Waals surface area contributed by atoms with E-state index in [0.717, 1.165) is 0 Å². The van der Waals surface area contributed by atoms with Crippen molar-refractivity contribution in [2.24, 2.45) is 0 Å².